The Hall–Kier alpha value is -8.14. The molecule has 1 heterocycles. The van der Waals surface area contributed by atoms with Gasteiger partial charge in [0.25, 0.3) is 0 Å². The summed E-state index contributed by atoms with van der Waals surface area (Å²) in [5, 5.41) is 2.44. The zero-order valence-corrected chi connectivity index (χ0v) is 36.1. The molecule has 10 aromatic rings. The summed E-state index contributed by atoms with van der Waals surface area (Å²) in [6.07, 6.45) is 0. The molecule has 1 atom stereocenters. The summed E-state index contributed by atoms with van der Waals surface area (Å²) in [4.78, 5) is 2.41. The first-order valence-corrected chi connectivity index (χ1v) is 22.5. The maximum Gasteiger partial charge on any atom is 0.178 e. The zero-order chi connectivity index (χ0) is 43.3. The minimum Gasteiger partial charge on any atom is -0.449 e. The average Bonchev–Trinajstić information content (AvgIpc) is 3.79. The maximum absolute atomic E-state index is 6.80. The van der Waals surface area contributed by atoms with Gasteiger partial charge in [0.2, 0.25) is 0 Å². The minimum absolute atomic E-state index is 0.255. The van der Waals surface area contributed by atoms with E-state index in [1.807, 2.05) is 24.3 Å². The van der Waals surface area contributed by atoms with Gasteiger partial charge in [0.1, 0.15) is 0 Å². The van der Waals surface area contributed by atoms with Crippen molar-refractivity contribution in [3.63, 3.8) is 0 Å². The Balaban J connectivity index is 0.980. The van der Waals surface area contributed by atoms with Crippen molar-refractivity contribution in [2.24, 2.45) is 0 Å². The topological polar surface area (TPSA) is 21.7 Å². The molecule has 1 aliphatic heterocycles. The summed E-state index contributed by atoms with van der Waals surface area (Å²) in [7, 11) is 0. The van der Waals surface area contributed by atoms with Crippen LogP contribution >= 0.6 is 0 Å². The van der Waals surface area contributed by atoms with Crippen LogP contribution in [0.2, 0.25) is 0 Å². The van der Waals surface area contributed by atoms with Gasteiger partial charge < -0.3 is 14.4 Å². The molecule has 0 saturated carbocycles. The normalized spacial score (nSPS) is 15.7. The van der Waals surface area contributed by atoms with Crippen molar-refractivity contribution in [3.05, 3.63) is 258 Å². The van der Waals surface area contributed by atoms with Crippen LogP contribution in [0, 0.1) is 0 Å². The van der Waals surface area contributed by atoms with Crippen LogP contribution in [0.4, 0.5) is 17.1 Å². The van der Waals surface area contributed by atoms with Crippen LogP contribution in [0.25, 0.3) is 44.2 Å². The third kappa shape index (κ3) is 5.55. The Morgan fingerprint density at radius 3 is 1.80 bits per heavy atom. The average molecular weight is 834 g/mol. The number of rotatable bonds is 6. The summed E-state index contributed by atoms with van der Waals surface area (Å²) in [6, 6.07) is 81.5. The van der Waals surface area contributed by atoms with Crippen LogP contribution in [-0.4, -0.2) is 0 Å². The van der Waals surface area contributed by atoms with Gasteiger partial charge in [0.15, 0.2) is 23.0 Å². The molecule has 13 rings (SSSR count). The molecule has 0 N–H and O–H groups in total. The first-order chi connectivity index (χ1) is 32.0. The van der Waals surface area contributed by atoms with Crippen molar-refractivity contribution >= 4 is 27.8 Å². The van der Waals surface area contributed by atoms with Crippen LogP contribution < -0.4 is 14.4 Å². The first kappa shape index (κ1) is 37.4. The highest BCUT2D eigenvalue weighted by Gasteiger charge is 2.49. The van der Waals surface area contributed by atoms with E-state index in [0.717, 1.165) is 51.2 Å². The van der Waals surface area contributed by atoms with Gasteiger partial charge in [-0.3, -0.25) is 0 Å². The molecule has 0 amide bonds. The lowest BCUT2D eigenvalue weighted by Crippen LogP contribution is -2.29. The van der Waals surface area contributed by atoms with E-state index in [1.54, 1.807) is 0 Å². The van der Waals surface area contributed by atoms with Crippen molar-refractivity contribution in [2.45, 2.75) is 24.7 Å². The molecule has 0 fully saturated rings. The molecule has 308 valence electrons. The Bertz CT molecular complexity index is 3520. The van der Waals surface area contributed by atoms with E-state index in [0.29, 0.717) is 0 Å². The number of hydrogen-bond donors (Lipinski definition) is 0. The molecule has 0 aromatic heterocycles. The highest BCUT2D eigenvalue weighted by atomic mass is 16.6. The molecule has 1 unspecified atom stereocenters. The summed E-state index contributed by atoms with van der Waals surface area (Å²) < 4.78 is 13.3. The van der Waals surface area contributed by atoms with Crippen molar-refractivity contribution in [1.29, 1.82) is 0 Å². The third-order valence-electron chi connectivity index (χ3n) is 14.2. The van der Waals surface area contributed by atoms with Gasteiger partial charge >= 0.3 is 0 Å². The number of anilines is 3. The Labute approximate surface area is 379 Å². The molecular weight excluding hydrogens is 791 g/mol. The highest BCUT2D eigenvalue weighted by molar-refractivity contribution is 5.94. The Morgan fingerprint density at radius 2 is 0.985 bits per heavy atom. The monoisotopic (exact) mass is 833 g/mol. The molecule has 10 aromatic carbocycles. The first-order valence-electron chi connectivity index (χ1n) is 22.5. The lowest BCUT2D eigenvalue weighted by molar-refractivity contribution is 0.360. The van der Waals surface area contributed by atoms with Crippen LogP contribution in [0.1, 0.15) is 47.2 Å². The van der Waals surface area contributed by atoms with Crippen LogP contribution in [-0.2, 0) is 10.8 Å². The number of ether oxygens (including phenoxy) is 2. The molecular formula is C62H43NO2. The molecule has 0 radical (unpaired) electrons. The molecule has 0 spiro atoms. The fourth-order valence-corrected chi connectivity index (χ4v) is 11.1. The Morgan fingerprint density at radius 1 is 0.354 bits per heavy atom. The maximum atomic E-state index is 6.80. The van der Waals surface area contributed by atoms with E-state index < -0.39 is 5.41 Å². The quantitative estimate of drug-likeness (QED) is 0.167. The molecule has 2 aliphatic carbocycles. The summed E-state index contributed by atoms with van der Waals surface area (Å²) >= 11 is 0. The van der Waals surface area contributed by atoms with E-state index in [-0.39, 0.29) is 5.41 Å². The van der Waals surface area contributed by atoms with Gasteiger partial charge in [0.05, 0.1) is 5.41 Å². The number of nitrogens with zero attached hydrogens (tertiary/aromatic N) is 1. The number of para-hydroxylation sites is 2. The SMILES string of the molecule is CC1(C)c2ccc(C3(c4ccccc4)c4ccccc4-c4c3ccc3c4Oc4ccccc4O3)cc2-c2ccc(N(c3ccc(-c4ccccc4)cc3)c3ccc4ccccc4c3)cc21. The van der Waals surface area contributed by atoms with E-state index in [9.17, 15) is 0 Å². The van der Waals surface area contributed by atoms with Gasteiger partial charge in [-0.05, 0) is 133 Å². The van der Waals surface area contributed by atoms with Gasteiger partial charge in [-0.25, -0.2) is 0 Å². The van der Waals surface area contributed by atoms with E-state index in [1.165, 1.54) is 66.4 Å². The predicted octanol–water partition coefficient (Wildman–Crippen LogP) is 16.5. The summed E-state index contributed by atoms with van der Waals surface area (Å²) in [5.41, 5.74) is 17.1. The number of hydrogen-bond acceptors (Lipinski definition) is 3. The van der Waals surface area contributed by atoms with Gasteiger partial charge in [0, 0.05) is 28.0 Å². The van der Waals surface area contributed by atoms with Crippen LogP contribution in [0.5, 0.6) is 23.0 Å². The third-order valence-corrected chi connectivity index (χ3v) is 14.2. The second-order valence-corrected chi connectivity index (χ2v) is 18.0. The zero-order valence-electron chi connectivity index (χ0n) is 36.1. The van der Waals surface area contributed by atoms with E-state index in [4.69, 9.17) is 9.47 Å². The molecule has 3 aliphatic rings. The Kier molecular flexibility index (Phi) is 8.17. The number of benzene rings is 10. The van der Waals surface area contributed by atoms with Crippen molar-refractivity contribution in [1.82, 2.24) is 0 Å². The van der Waals surface area contributed by atoms with E-state index in [2.05, 4.69) is 219 Å². The second kappa shape index (κ2) is 14.2. The predicted molar refractivity (Wildman–Crippen MR) is 266 cm³/mol. The summed E-state index contributed by atoms with van der Waals surface area (Å²) in [6.45, 7) is 4.76. The van der Waals surface area contributed by atoms with Crippen molar-refractivity contribution < 1.29 is 9.47 Å². The smallest absolute Gasteiger partial charge is 0.178 e. The van der Waals surface area contributed by atoms with Crippen molar-refractivity contribution in [2.75, 3.05) is 4.90 Å². The molecule has 3 nitrogen and oxygen atoms in total. The second-order valence-electron chi connectivity index (χ2n) is 18.0. The van der Waals surface area contributed by atoms with Gasteiger partial charge in [-0.1, -0.05) is 178 Å². The fraction of sp³-hybridized carbons (Fsp3) is 0.0645. The lowest BCUT2D eigenvalue weighted by Gasteiger charge is -2.35. The standard InChI is InChI=1S/C62H43NO2/c1-61(2)52-34-28-45(62(44-19-7-4-8-20-44)53-22-12-11-21-50(53)59-54(62)35-36-58-60(59)65-57-24-14-13-23-56(57)64-58)38-51(52)49-33-32-48(39-55(49)61)63(47-31-27-41-17-9-10-18-43(41)37-47)46-29-25-42(26-30-46)40-15-5-3-6-16-40/h3-39H,1-2H3. The molecule has 3 heteroatoms. The van der Waals surface area contributed by atoms with Gasteiger partial charge in [-0.2, -0.15) is 0 Å². The fourth-order valence-electron chi connectivity index (χ4n) is 11.1. The molecule has 65 heavy (non-hydrogen) atoms. The highest BCUT2D eigenvalue weighted by Crippen LogP contribution is 2.63. The molecule has 0 bridgehead atoms. The summed E-state index contributed by atoms with van der Waals surface area (Å²) in [5.74, 6) is 2.94. The van der Waals surface area contributed by atoms with Crippen LogP contribution in [0.15, 0.2) is 224 Å². The van der Waals surface area contributed by atoms with Gasteiger partial charge in [-0.15, -0.1) is 0 Å². The van der Waals surface area contributed by atoms with Crippen molar-refractivity contribution in [3.8, 4) is 56.4 Å². The largest absolute Gasteiger partial charge is 0.449 e. The lowest BCUT2D eigenvalue weighted by atomic mass is 9.67. The minimum atomic E-state index is -0.622. The number of fused-ring (bicyclic) bond motifs is 10. The van der Waals surface area contributed by atoms with Crippen LogP contribution in [0.3, 0.4) is 0 Å². The molecule has 0 saturated heterocycles. The van der Waals surface area contributed by atoms with E-state index >= 15 is 0 Å².